The number of carbonyl (C=O) groups is 1. The average molecular weight is 901 g/mol. The van der Waals surface area contributed by atoms with E-state index in [0.29, 0.717) is 5.92 Å². The van der Waals surface area contributed by atoms with Gasteiger partial charge in [0, 0.05) is 50.4 Å². The van der Waals surface area contributed by atoms with Crippen molar-refractivity contribution in [3.8, 4) is 22.5 Å². The number of benzene rings is 3. The quantitative estimate of drug-likeness (QED) is 0.0492. The van der Waals surface area contributed by atoms with Gasteiger partial charge in [-0.15, -0.1) is 70.3 Å². The summed E-state index contributed by atoms with van der Waals surface area (Å²) in [7, 11) is 0. The van der Waals surface area contributed by atoms with E-state index >= 15 is 0 Å². The van der Waals surface area contributed by atoms with E-state index in [1.54, 1.807) is 0 Å². The van der Waals surface area contributed by atoms with Crippen LogP contribution in [0.4, 0.5) is 0 Å². The van der Waals surface area contributed by atoms with Crippen molar-refractivity contribution in [1.29, 1.82) is 0 Å². The topological polar surface area (TPSA) is 63.1 Å². The number of unbranched alkanes of at least 4 members (excludes halogenated alkanes) is 1. The molecule has 289 valence electrons. The fraction of sp³-hybridized carbons (Fsp3) is 0.408. The number of pyridine rings is 2. The van der Waals surface area contributed by atoms with Crippen LogP contribution in [-0.4, -0.2) is 20.9 Å². The van der Waals surface area contributed by atoms with Gasteiger partial charge in [-0.1, -0.05) is 92.6 Å². The van der Waals surface area contributed by atoms with Gasteiger partial charge in [0.05, 0.1) is 5.76 Å². The van der Waals surface area contributed by atoms with Crippen molar-refractivity contribution in [1.82, 2.24) is 9.97 Å². The first-order chi connectivity index (χ1) is 25.5. The third kappa shape index (κ3) is 12.3. The fourth-order valence-corrected chi connectivity index (χ4v) is 6.93. The standard InChI is InChI=1S/C36H36N2.C13H24O2.Ir/c1-24(2)30-15-16-33-34(21-30)31(23-38-36(33)32-19-26(4)18-27(5)20-32)9-7-6-8-28-12-17-35(37-22-28)29-13-10-25(3)11-14-29;1-5-10(6-2)12(14)9-13(15)11(7-3)8-4;/h10-13,15-19,21-24H,6-9H2,1-5H3;9-11,14H,5-8H2,1-4H3;/q-2;;/b;12-9-;. The maximum Gasteiger partial charge on any atom is 0.162 e. The van der Waals surface area contributed by atoms with E-state index in [9.17, 15) is 9.90 Å². The van der Waals surface area contributed by atoms with Gasteiger partial charge in [-0.2, -0.15) is 0 Å². The van der Waals surface area contributed by atoms with E-state index in [-0.39, 0.29) is 43.5 Å². The number of hydrogen-bond donors (Lipinski definition) is 1. The van der Waals surface area contributed by atoms with Gasteiger partial charge < -0.3 is 15.1 Å². The van der Waals surface area contributed by atoms with Crippen molar-refractivity contribution in [3.05, 3.63) is 130 Å². The first-order valence-corrected chi connectivity index (χ1v) is 19.8. The zero-order chi connectivity index (χ0) is 38.5. The molecule has 0 amide bonds. The number of nitrogens with zero attached hydrogens (tertiary/aromatic N) is 2. The molecule has 0 fully saturated rings. The maximum atomic E-state index is 11.7. The summed E-state index contributed by atoms with van der Waals surface area (Å²) in [6.07, 6.45) is 13.3. The molecular weight excluding hydrogens is 841 g/mol. The van der Waals surface area contributed by atoms with Crippen LogP contribution in [0.15, 0.2) is 84.9 Å². The van der Waals surface area contributed by atoms with Crippen LogP contribution in [0.2, 0.25) is 0 Å². The number of hydrogen-bond acceptors (Lipinski definition) is 4. The van der Waals surface area contributed by atoms with Crippen molar-refractivity contribution in [2.24, 2.45) is 11.8 Å². The van der Waals surface area contributed by atoms with E-state index in [2.05, 4.69) is 113 Å². The Morgan fingerprint density at radius 1 is 0.759 bits per heavy atom. The van der Waals surface area contributed by atoms with Crippen LogP contribution in [0, 0.1) is 44.7 Å². The van der Waals surface area contributed by atoms with E-state index in [4.69, 9.17) is 4.98 Å². The summed E-state index contributed by atoms with van der Waals surface area (Å²) in [5.41, 5.74) is 11.7. The van der Waals surface area contributed by atoms with E-state index in [1.807, 2.05) is 40.0 Å². The molecule has 0 spiro atoms. The summed E-state index contributed by atoms with van der Waals surface area (Å²) < 4.78 is 0. The number of aryl methyl sites for hydroxylation is 5. The number of allylic oxidation sites excluding steroid dienone is 2. The molecule has 0 saturated carbocycles. The minimum atomic E-state index is 0. The smallest absolute Gasteiger partial charge is 0.162 e. The Balaban J connectivity index is 0.000000418. The second-order valence-corrected chi connectivity index (χ2v) is 14.9. The molecule has 0 atom stereocenters. The predicted octanol–water partition coefficient (Wildman–Crippen LogP) is 13.0. The number of fused-ring (bicyclic) bond motifs is 1. The van der Waals surface area contributed by atoms with Crippen LogP contribution in [0.5, 0.6) is 0 Å². The van der Waals surface area contributed by atoms with Crippen molar-refractivity contribution < 1.29 is 30.0 Å². The molecule has 54 heavy (non-hydrogen) atoms. The van der Waals surface area contributed by atoms with Crippen LogP contribution in [0.1, 0.15) is 119 Å². The number of aliphatic hydroxyl groups is 1. The molecule has 1 radical (unpaired) electrons. The predicted molar refractivity (Wildman–Crippen MR) is 223 cm³/mol. The molecule has 2 aromatic heterocycles. The fourth-order valence-electron chi connectivity index (χ4n) is 6.93. The van der Waals surface area contributed by atoms with E-state index < -0.39 is 0 Å². The summed E-state index contributed by atoms with van der Waals surface area (Å²) in [4.78, 5) is 21.4. The Bertz CT molecular complexity index is 1930. The van der Waals surface area contributed by atoms with Gasteiger partial charge in [-0.3, -0.25) is 4.79 Å². The molecule has 5 rings (SSSR count). The Morgan fingerprint density at radius 2 is 1.46 bits per heavy atom. The minimum absolute atomic E-state index is 0. The largest absolute Gasteiger partial charge is 0.512 e. The Labute approximate surface area is 339 Å². The molecule has 0 unspecified atom stereocenters. The molecule has 3 aromatic carbocycles. The summed E-state index contributed by atoms with van der Waals surface area (Å²) >= 11 is 0. The first kappa shape index (κ1) is 44.5. The molecule has 4 nitrogen and oxygen atoms in total. The van der Waals surface area contributed by atoms with Crippen molar-refractivity contribution in [3.63, 3.8) is 0 Å². The second-order valence-electron chi connectivity index (χ2n) is 14.9. The molecule has 0 aliphatic carbocycles. The molecular formula is C49H60IrN2O2-2. The number of aromatic nitrogens is 2. The van der Waals surface area contributed by atoms with Gasteiger partial charge in [0.15, 0.2) is 5.78 Å². The van der Waals surface area contributed by atoms with Gasteiger partial charge in [0.25, 0.3) is 0 Å². The van der Waals surface area contributed by atoms with Crippen molar-refractivity contribution in [2.45, 2.75) is 120 Å². The summed E-state index contributed by atoms with van der Waals surface area (Å²) in [6.45, 7) is 18.9. The minimum Gasteiger partial charge on any atom is -0.512 e. The number of aliphatic hydroxyl groups excluding tert-OH is 1. The van der Waals surface area contributed by atoms with Crippen LogP contribution >= 0.6 is 0 Å². The third-order valence-corrected chi connectivity index (χ3v) is 10.4. The van der Waals surface area contributed by atoms with E-state index in [0.717, 1.165) is 79.4 Å². The first-order valence-electron chi connectivity index (χ1n) is 19.8. The number of carbonyl (C=O) groups excluding carboxylic acids is 1. The maximum absolute atomic E-state index is 11.7. The summed E-state index contributed by atoms with van der Waals surface area (Å²) in [6, 6.07) is 28.6. The zero-order valence-corrected chi connectivity index (χ0v) is 36.4. The molecule has 0 aliphatic rings. The van der Waals surface area contributed by atoms with Gasteiger partial charge in [0.2, 0.25) is 0 Å². The van der Waals surface area contributed by atoms with E-state index in [1.165, 1.54) is 44.7 Å². The Morgan fingerprint density at radius 3 is 2.06 bits per heavy atom. The Hall–Kier alpha value is -3.92. The summed E-state index contributed by atoms with van der Waals surface area (Å²) in [5, 5.41) is 12.3. The molecule has 0 bridgehead atoms. The number of ketones is 1. The van der Waals surface area contributed by atoms with Crippen LogP contribution < -0.4 is 0 Å². The Kier molecular flexibility index (Phi) is 18.0. The third-order valence-electron chi connectivity index (χ3n) is 10.4. The molecule has 2 heterocycles. The molecule has 0 saturated heterocycles. The molecule has 1 N–H and O–H groups in total. The van der Waals surface area contributed by atoms with Gasteiger partial charge in [-0.25, -0.2) is 0 Å². The monoisotopic (exact) mass is 901 g/mol. The SMILES string of the molecule is CCC(CC)C(=O)/C=C(\O)C(CC)CC.Cc1[c-]c(-c2ncc(CCCCc3ccc(-c4[c-]cc(C)cc4)nc3)c3cc(C(C)C)ccc23)cc(C)c1.[Ir]. The van der Waals surface area contributed by atoms with Crippen molar-refractivity contribution in [2.75, 3.05) is 0 Å². The van der Waals surface area contributed by atoms with Crippen LogP contribution in [0.25, 0.3) is 33.3 Å². The normalized spacial score (nSPS) is 11.5. The molecule has 5 heteroatoms. The second kappa shape index (κ2) is 21.8. The summed E-state index contributed by atoms with van der Waals surface area (Å²) in [5.74, 6) is 1.04. The molecule has 0 aliphatic heterocycles. The van der Waals surface area contributed by atoms with Crippen molar-refractivity contribution >= 4 is 16.6 Å². The van der Waals surface area contributed by atoms with Crippen LogP contribution in [-0.2, 0) is 37.7 Å². The average Bonchev–Trinajstić information content (AvgIpc) is 3.14. The van der Waals surface area contributed by atoms with Gasteiger partial charge in [-0.05, 0) is 96.1 Å². The van der Waals surface area contributed by atoms with Crippen LogP contribution in [0.3, 0.4) is 0 Å². The van der Waals surface area contributed by atoms with Gasteiger partial charge >= 0.3 is 0 Å². The van der Waals surface area contributed by atoms with Gasteiger partial charge in [0.1, 0.15) is 0 Å². The zero-order valence-electron chi connectivity index (χ0n) is 34.0. The number of rotatable bonds is 15. The molecule has 5 aromatic rings.